The number of aromatic amines is 1. The lowest BCUT2D eigenvalue weighted by molar-refractivity contribution is -0.384. The summed E-state index contributed by atoms with van der Waals surface area (Å²) in [6.45, 7) is 3.57. The Morgan fingerprint density at radius 1 is 1.10 bits per heavy atom. The summed E-state index contributed by atoms with van der Waals surface area (Å²) >= 11 is 10.3. The summed E-state index contributed by atoms with van der Waals surface area (Å²) in [5.74, 6) is 0.307. The maximum Gasteiger partial charge on any atom is 0.270 e. The standard InChI is InChI=1S/C25H24N10O2S2/c1-33-9-11-34(12-10-33)32-31-17-7-5-15(6-8-17)20-14-19(16-3-2-4-18(13-16)35(36)37)21-22(27-20)29-25(39)30-23(21)28-24(26)38/h2-8,13-14H,9-12H2,1H3,(H4,26,27,28,29,30,38,39). The van der Waals surface area contributed by atoms with Gasteiger partial charge < -0.3 is 20.9 Å². The van der Waals surface area contributed by atoms with Gasteiger partial charge in [-0.15, -0.1) is 5.11 Å². The van der Waals surface area contributed by atoms with Crippen molar-refractivity contribution in [2.75, 3.05) is 38.5 Å². The number of aromatic nitrogens is 3. The van der Waals surface area contributed by atoms with Crippen LogP contribution in [0.3, 0.4) is 0 Å². The van der Waals surface area contributed by atoms with E-state index >= 15 is 0 Å². The molecule has 12 nitrogen and oxygen atoms in total. The van der Waals surface area contributed by atoms with Crippen molar-refractivity contribution in [2.45, 2.75) is 0 Å². The van der Waals surface area contributed by atoms with E-state index in [0.717, 1.165) is 31.7 Å². The minimum atomic E-state index is -0.441. The number of anilines is 1. The highest BCUT2D eigenvalue weighted by Crippen LogP contribution is 2.36. The van der Waals surface area contributed by atoms with E-state index in [1.807, 2.05) is 35.3 Å². The van der Waals surface area contributed by atoms with Gasteiger partial charge >= 0.3 is 0 Å². The molecule has 2 aromatic carbocycles. The summed E-state index contributed by atoms with van der Waals surface area (Å²) in [6.07, 6.45) is 0. The number of H-pyrrole nitrogens is 1. The second-order valence-electron chi connectivity index (χ2n) is 8.96. The summed E-state index contributed by atoms with van der Waals surface area (Å²) in [5.41, 5.74) is 9.47. The third-order valence-corrected chi connectivity index (χ3v) is 6.53. The summed E-state index contributed by atoms with van der Waals surface area (Å²) < 4.78 is 0.176. The number of hydrogen-bond acceptors (Lipinski definition) is 9. The quantitative estimate of drug-likeness (QED) is 0.129. The van der Waals surface area contributed by atoms with Crippen molar-refractivity contribution in [3.63, 3.8) is 0 Å². The Morgan fingerprint density at radius 3 is 2.54 bits per heavy atom. The number of pyridine rings is 1. The van der Waals surface area contributed by atoms with E-state index in [0.29, 0.717) is 39.4 Å². The molecule has 0 spiro atoms. The van der Waals surface area contributed by atoms with Gasteiger partial charge in [-0.2, -0.15) is 0 Å². The summed E-state index contributed by atoms with van der Waals surface area (Å²) in [5, 5.41) is 25.6. The zero-order valence-corrected chi connectivity index (χ0v) is 22.5. The number of nitro benzene ring substituents is 1. The highest BCUT2D eigenvalue weighted by atomic mass is 32.1. The number of benzene rings is 2. The van der Waals surface area contributed by atoms with E-state index in [9.17, 15) is 10.1 Å². The molecule has 0 bridgehead atoms. The molecule has 198 valence electrons. The third kappa shape index (κ3) is 6.03. The van der Waals surface area contributed by atoms with Crippen molar-refractivity contribution in [1.29, 1.82) is 0 Å². The molecule has 2 aromatic heterocycles. The first kappa shape index (κ1) is 26.2. The molecule has 39 heavy (non-hydrogen) atoms. The second-order valence-corrected chi connectivity index (χ2v) is 9.79. The molecule has 4 N–H and O–H groups in total. The van der Waals surface area contributed by atoms with Crippen LogP contribution in [0.2, 0.25) is 0 Å². The number of rotatable bonds is 6. The number of thiocarbonyl (C=S) groups is 1. The maximum atomic E-state index is 11.5. The lowest BCUT2D eigenvalue weighted by Crippen LogP contribution is -2.41. The number of nitrogens with one attached hydrogen (secondary N) is 2. The number of nitrogens with two attached hydrogens (primary N) is 1. The Kier molecular flexibility index (Phi) is 7.49. The fourth-order valence-corrected chi connectivity index (χ4v) is 4.52. The number of piperazine rings is 1. The number of hydrogen-bond donors (Lipinski definition) is 3. The van der Waals surface area contributed by atoms with Crippen LogP contribution in [0.1, 0.15) is 0 Å². The van der Waals surface area contributed by atoms with Crippen LogP contribution in [0.15, 0.2) is 64.9 Å². The predicted molar refractivity (Wildman–Crippen MR) is 156 cm³/mol. The van der Waals surface area contributed by atoms with Crippen LogP contribution in [-0.2, 0) is 0 Å². The number of likely N-dealkylation sites (N-methyl/N-ethyl adjacent to an activating group) is 1. The van der Waals surface area contributed by atoms with Crippen LogP contribution < -0.4 is 11.1 Å². The lowest BCUT2D eigenvalue weighted by atomic mass is 9.99. The van der Waals surface area contributed by atoms with E-state index in [4.69, 9.17) is 35.2 Å². The highest BCUT2D eigenvalue weighted by molar-refractivity contribution is 7.80. The fourth-order valence-electron chi connectivity index (χ4n) is 4.23. The normalized spacial score (nSPS) is 14.1. The number of fused-ring (bicyclic) bond motifs is 1. The Balaban J connectivity index is 1.58. The first-order chi connectivity index (χ1) is 18.8. The lowest BCUT2D eigenvalue weighted by Gasteiger charge is -2.29. The van der Waals surface area contributed by atoms with Crippen LogP contribution in [0.5, 0.6) is 0 Å². The molecule has 1 aliphatic rings. The first-order valence-electron chi connectivity index (χ1n) is 12.0. The molecule has 0 atom stereocenters. The average Bonchev–Trinajstić information content (AvgIpc) is 2.92. The Labute approximate surface area is 233 Å². The molecule has 0 amide bonds. The van der Waals surface area contributed by atoms with Gasteiger partial charge in [-0.05, 0) is 60.8 Å². The van der Waals surface area contributed by atoms with Gasteiger partial charge in [0.15, 0.2) is 9.88 Å². The number of nitrogens with zero attached hydrogens (tertiary/aromatic N) is 7. The molecule has 0 aliphatic carbocycles. The topological polar surface area (TPSA) is 154 Å². The number of non-ortho nitro benzene ring substituents is 1. The Bertz CT molecular complexity index is 1650. The van der Waals surface area contributed by atoms with E-state index in [1.165, 1.54) is 12.1 Å². The first-order valence-corrected chi connectivity index (χ1v) is 12.8. The molecule has 0 unspecified atom stereocenters. The van der Waals surface area contributed by atoms with E-state index in [-0.39, 0.29) is 15.6 Å². The van der Waals surface area contributed by atoms with Crippen LogP contribution in [0, 0.1) is 14.9 Å². The van der Waals surface area contributed by atoms with Crippen molar-refractivity contribution in [1.82, 2.24) is 24.9 Å². The Morgan fingerprint density at radius 2 is 1.85 bits per heavy atom. The van der Waals surface area contributed by atoms with Crippen molar-refractivity contribution >= 4 is 57.8 Å². The zero-order chi connectivity index (χ0) is 27.5. The molecule has 0 radical (unpaired) electrons. The predicted octanol–water partition coefficient (Wildman–Crippen LogP) is 4.83. The minimum absolute atomic E-state index is 0.000189. The molecule has 4 aromatic rings. The molecule has 5 rings (SSSR count). The second kappa shape index (κ2) is 11.1. The molecular formula is C25H24N10O2S2. The van der Waals surface area contributed by atoms with Crippen molar-refractivity contribution < 1.29 is 4.92 Å². The average molecular weight is 561 g/mol. The molecule has 0 saturated carbocycles. The van der Waals surface area contributed by atoms with Gasteiger partial charge in [0.25, 0.3) is 5.69 Å². The van der Waals surface area contributed by atoms with Crippen molar-refractivity contribution in [3.8, 4) is 22.4 Å². The van der Waals surface area contributed by atoms with E-state index < -0.39 is 4.92 Å². The van der Waals surface area contributed by atoms with Gasteiger partial charge in [0.1, 0.15) is 11.5 Å². The highest BCUT2D eigenvalue weighted by Gasteiger charge is 2.18. The third-order valence-electron chi connectivity index (χ3n) is 6.23. The van der Waals surface area contributed by atoms with Crippen LogP contribution in [-0.4, -0.2) is 68.1 Å². The van der Waals surface area contributed by atoms with Gasteiger partial charge in [0.05, 0.1) is 34.8 Å². The Hall–Kier alpha value is -4.40. The molecule has 1 aliphatic heterocycles. The monoisotopic (exact) mass is 560 g/mol. The summed E-state index contributed by atoms with van der Waals surface area (Å²) in [4.78, 5) is 25.5. The van der Waals surface area contributed by atoms with E-state index in [2.05, 4.69) is 37.6 Å². The molecular weight excluding hydrogens is 536 g/mol. The van der Waals surface area contributed by atoms with Gasteiger partial charge in [-0.1, -0.05) is 29.5 Å². The maximum absolute atomic E-state index is 11.5. The van der Waals surface area contributed by atoms with E-state index in [1.54, 1.807) is 12.1 Å². The number of nitro groups is 1. The molecule has 14 heteroatoms. The smallest absolute Gasteiger partial charge is 0.270 e. The van der Waals surface area contributed by atoms with Crippen molar-refractivity contribution in [3.05, 3.63) is 69.5 Å². The molecule has 1 fully saturated rings. The SMILES string of the molecule is CN1CCN(N=Nc2ccc(-c3cc(-c4cccc([N+](=O)[O-])c4)c4c(NC(N)=S)nc(=S)[nH]c4n3)cc2)CC1. The summed E-state index contributed by atoms with van der Waals surface area (Å²) in [6, 6.07) is 15.7. The van der Waals surface area contributed by atoms with Crippen LogP contribution in [0.4, 0.5) is 17.2 Å². The largest absolute Gasteiger partial charge is 0.376 e. The summed E-state index contributed by atoms with van der Waals surface area (Å²) in [7, 11) is 2.09. The van der Waals surface area contributed by atoms with Gasteiger partial charge in [0.2, 0.25) is 0 Å². The minimum Gasteiger partial charge on any atom is -0.376 e. The van der Waals surface area contributed by atoms with Gasteiger partial charge in [-0.3, -0.25) is 15.1 Å². The van der Waals surface area contributed by atoms with Crippen molar-refractivity contribution in [2.24, 2.45) is 16.1 Å². The van der Waals surface area contributed by atoms with Crippen LogP contribution in [0.25, 0.3) is 33.4 Å². The van der Waals surface area contributed by atoms with Crippen LogP contribution >= 0.6 is 24.4 Å². The molecule has 1 saturated heterocycles. The van der Waals surface area contributed by atoms with Gasteiger partial charge in [-0.25, -0.2) is 9.97 Å². The zero-order valence-electron chi connectivity index (χ0n) is 20.9. The van der Waals surface area contributed by atoms with Gasteiger partial charge in [0, 0.05) is 30.8 Å². The fraction of sp³-hybridized carbons (Fsp3) is 0.200. The molecule has 3 heterocycles.